The molecule has 0 amide bonds. The van der Waals surface area contributed by atoms with Crippen LogP contribution in [0.1, 0.15) is 29.8 Å². The Bertz CT molecular complexity index is 563. The van der Waals surface area contributed by atoms with Crippen LogP contribution in [0.4, 0.5) is 0 Å². The molecule has 0 radical (unpaired) electrons. The van der Waals surface area contributed by atoms with Crippen LogP contribution < -0.4 is 5.73 Å². The molecule has 5 heteroatoms. The highest BCUT2D eigenvalue weighted by Crippen LogP contribution is 2.30. The standard InChI is InChI=1S/C13H15Cl2N3/c1-3-18-13(11(15)7-17-18)12(16)9-5-4-6-10(14)8(9)2/h4-7,12H,3,16H2,1-2H3. The Balaban J connectivity index is 2.51. The molecule has 1 aromatic carbocycles. The van der Waals surface area contributed by atoms with E-state index in [1.807, 2.05) is 36.7 Å². The molecule has 2 aromatic rings. The topological polar surface area (TPSA) is 43.8 Å². The molecular weight excluding hydrogens is 269 g/mol. The highest BCUT2D eigenvalue weighted by atomic mass is 35.5. The second-order valence-electron chi connectivity index (χ2n) is 4.13. The van der Waals surface area contributed by atoms with Gasteiger partial charge >= 0.3 is 0 Å². The Morgan fingerprint density at radius 3 is 2.72 bits per heavy atom. The van der Waals surface area contributed by atoms with Crippen molar-refractivity contribution in [3.63, 3.8) is 0 Å². The Hall–Kier alpha value is -1.03. The Kier molecular flexibility index (Phi) is 3.95. The zero-order chi connectivity index (χ0) is 13.3. The lowest BCUT2D eigenvalue weighted by Crippen LogP contribution is -2.18. The lowest BCUT2D eigenvalue weighted by molar-refractivity contribution is 0.600. The highest BCUT2D eigenvalue weighted by molar-refractivity contribution is 6.31. The average molecular weight is 284 g/mol. The van der Waals surface area contributed by atoms with Crippen molar-refractivity contribution < 1.29 is 0 Å². The van der Waals surface area contributed by atoms with Gasteiger partial charge in [0, 0.05) is 11.6 Å². The third-order valence-corrected chi connectivity index (χ3v) is 3.77. The van der Waals surface area contributed by atoms with Gasteiger partial charge in [-0.2, -0.15) is 5.10 Å². The molecule has 1 heterocycles. The van der Waals surface area contributed by atoms with Gasteiger partial charge in [0.25, 0.3) is 0 Å². The van der Waals surface area contributed by atoms with E-state index in [0.717, 1.165) is 23.4 Å². The van der Waals surface area contributed by atoms with E-state index < -0.39 is 0 Å². The van der Waals surface area contributed by atoms with Gasteiger partial charge in [-0.1, -0.05) is 35.3 Å². The molecule has 1 unspecified atom stereocenters. The van der Waals surface area contributed by atoms with E-state index in [0.29, 0.717) is 10.0 Å². The van der Waals surface area contributed by atoms with Gasteiger partial charge < -0.3 is 5.73 Å². The van der Waals surface area contributed by atoms with Crippen LogP contribution in [0.2, 0.25) is 10.0 Å². The molecule has 18 heavy (non-hydrogen) atoms. The first-order chi connectivity index (χ1) is 8.56. The lowest BCUT2D eigenvalue weighted by Gasteiger charge is -2.17. The molecule has 1 aromatic heterocycles. The number of nitrogens with two attached hydrogens (primary N) is 1. The number of hydrogen-bond acceptors (Lipinski definition) is 2. The fraction of sp³-hybridized carbons (Fsp3) is 0.308. The van der Waals surface area contributed by atoms with Crippen molar-refractivity contribution in [2.45, 2.75) is 26.4 Å². The first-order valence-electron chi connectivity index (χ1n) is 5.78. The van der Waals surface area contributed by atoms with Gasteiger partial charge in [0.2, 0.25) is 0 Å². The minimum atomic E-state index is -0.321. The van der Waals surface area contributed by atoms with Crippen LogP contribution in [0, 0.1) is 6.92 Å². The van der Waals surface area contributed by atoms with Crippen molar-refractivity contribution in [1.82, 2.24) is 9.78 Å². The van der Waals surface area contributed by atoms with Gasteiger partial charge in [-0.3, -0.25) is 4.68 Å². The highest BCUT2D eigenvalue weighted by Gasteiger charge is 2.20. The van der Waals surface area contributed by atoms with Crippen LogP contribution in [0.15, 0.2) is 24.4 Å². The summed E-state index contributed by atoms with van der Waals surface area (Å²) in [6.45, 7) is 4.69. The maximum atomic E-state index is 6.30. The van der Waals surface area contributed by atoms with Gasteiger partial charge in [0.1, 0.15) is 0 Å². The SMILES string of the molecule is CCn1ncc(Cl)c1C(N)c1cccc(Cl)c1C. The summed E-state index contributed by atoms with van der Waals surface area (Å²) in [5.41, 5.74) is 9.08. The van der Waals surface area contributed by atoms with E-state index in [1.165, 1.54) is 0 Å². The third-order valence-electron chi connectivity index (χ3n) is 3.07. The monoisotopic (exact) mass is 283 g/mol. The fourth-order valence-corrected chi connectivity index (χ4v) is 2.48. The van der Waals surface area contributed by atoms with Crippen LogP contribution in [0.5, 0.6) is 0 Å². The molecule has 0 saturated carbocycles. The number of benzene rings is 1. The summed E-state index contributed by atoms with van der Waals surface area (Å²) in [5.74, 6) is 0. The number of aromatic nitrogens is 2. The molecular formula is C13H15Cl2N3. The summed E-state index contributed by atoms with van der Waals surface area (Å²) in [7, 11) is 0. The maximum absolute atomic E-state index is 6.30. The number of halogens is 2. The van der Waals surface area contributed by atoms with E-state index in [9.17, 15) is 0 Å². The third kappa shape index (κ3) is 2.26. The molecule has 0 aliphatic rings. The molecule has 3 nitrogen and oxygen atoms in total. The van der Waals surface area contributed by atoms with Gasteiger partial charge in [-0.15, -0.1) is 0 Å². The van der Waals surface area contributed by atoms with Crippen LogP contribution >= 0.6 is 23.2 Å². The van der Waals surface area contributed by atoms with Gasteiger partial charge in [-0.25, -0.2) is 0 Å². The summed E-state index contributed by atoms with van der Waals surface area (Å²) in [6, 6.07) is 5.39. The smallest absolute Gasteiger partial charge is 0.0837 e. The van der Waals surface area contributed by atoms with Crippen molar-refractivity contribution in [3.8, 4) is 0 Å². The van der Waals surface area contributed by atoms with Crippen LogP contribution in [-0.4, -0.2) is 9.78 Å². The second kappa shape index (κ2) is 5.31. The summed E-state index contributed by atoms with van der Waals surface area (Å²) >= 11 is 12.3. The number of hydrogen-bond donors (Lipinski definition) is 1. The minimum Gasteiger partial charge on any atom is -0.319 e. The molecule has 96 valence electrons. The summed E-state index contributed by atoms with van der Waals surface area (Å²) in [6.07, 6.45) is 1.63. The number of nitrogens with zero attached hydrogens (tertiary/aromatic N) is 2. The van der Waals surface area contributed by atoms with Gasteiger partial charge in [-0.05, 0) is 31.0 Å². The second-order valence-corrected chi connectivity index (χ2v) is 4.94. The zero-order valence-electron chi connectivity index (χ0n) is 10.3. The number of aryl methyl sites for hydroxylation is 1. The van der Waals surface area contributed by atoms with Crippen molar-refractivity contribution in [2.75, 3.05) is 0 Å². The van der Waals surface area contributed by atoms with Gasteiger partial charge in [0.15, 0.2) is 0 Å². The summed E-state index contributed by atoms with van der Waals surface area (Å²) in [5, 5.41) is 5.50. The predicted octanol–water partition coefficient (Wildman–Crippen LogP) is 3.57. The summed E-state index contributed by atoms with van der Waals surface area (Å²) in [4.78, 5) is 0. The van der Waals surface area contributed by atoms with Crippen LogP contribution in [0.25, 0.3) is 0 Å². The maximum Gasteiger partial charge on any atom is 0.0837 e. The minimum absolute atomic E-state index is 0.321. The lowest BCUT2D eigenvalue weighted by atomic mass is 9.99. The predicted molar refractivity (Wildman–Crippen MR) is 75.1 cm³/mol. The largest absolute Gasteiger partial charge is 0.319 e. The van der Waals surface area contributed by atoms with Crippen molar-refractivity contribution in [3.05, 3.63) is 51.3 Å². The Labute approximate surface area is 117 Å². The zero-order valence-corrected chi connectivity index (χ0v) is 11.8. The normalized spacial score (nSPS) is 12.7. The molecule has 0 aliphatic carbocycles. The van der Waals surface area contributed by atoms with E-state index in [4.69, 9.17) is 28.9 Å². The fourth-order valence-electron chi connectivity index (χ4n) is 2.04. The van der Waals surface area contributed by atoms with Gasteiger partial charge in [0.05, 0.1) is 23.0 Å². The van der Waals surface area contributed by atoms with Crippen molar-refractivity contribution in [2.24, 2.45) is 5.73 Å². The molecule has 2 N–H and O–H groups in total. The van der Waals surface area contributed by atoms with Crippen LogP contribution in [-0.2, 0) is 6.54 Å². The Morgan fingerprint density at radius 2 is 2.06 bits per heavy atom. The van der Waals surface area contributed by atoms with E-state index in [1.54, 1.807) is 6.20 Å². The molecule has 0 fully saturated rings. The first-order valence-corrected chi connectivity index (χ1v) is 6.53. The van der Waals surface area contributed by atoms with E-state index in [2.05, 4.69) is 5.10 Å². The Morgan fingerprint density at radius 1 is 1.33 bits per heavy atom. The van der Waals surface area contributed by atoms with Crippen molar-refractivity contribution >= 4 is 23.2 Å². The number of rotatable bonds is 3. The molecule has 2 rings (SSSR count). The molecule has 0 bridgehead atoms. The quantitative estimate of drug-likeness (QED) is 0.936. The molecule has 1 atom stereocenters. The average Bonchev–Trinajstić information content (AvgIpc) is 2.73. The molecule has 0 spiro atoms. The van der Waals surface area contributed by atoms with E-state index in [-0.39, 0.29) is 6.04 Å². The molecule has 0 aliphatic heterocycles. The van der Waals surface area contributed by atoms with E-state index >= 15 is 0 Å². The van der Waals surface area contributed by atoms with Crippen LogP contribution in [0.3, 0.4) is 0 Å². The van der Waals surface area contributed by atoms with Crippen molar-refractivity contribution in [1.29, 1.82) is 0 Å². The first kappa shape index (κ1) is 13.4. The summed E-state index contributed by atoms with van der Waals surface area (Å²) < 4.78 is 1.81. The molecule has 0 saturated heterocycles.